The van der Waals surface area contributed by atoms with Crippen LogP contribution in [0, 0.1) is 6.92 Å². The van der Waals surface area contributed by atoms with Crippen LogP contribution in [0.3, 0.4) is 0 Å². The minimum atomic E-state index is 0.964. The first kappa shape index (κ1) is 10.7. The Morgan fingerprint density at radius 2 is 2.29 bits per heavy atom. The monoisotopic (exact) mass is 245 g/mol. The molecule has 0 aliphatic carbocycles. The number of nitrogens with zero attached hydrogens (tertiary/aromatic N) is 1. The third-order valence-corrected chi connectivity index (χ3v) is 3.84. The summed E-state index contributed by atoms with van der Waals surface area (Å²) in [5.74, 6) is 0. The van der Waals surface area contributed by atoms with Gasteiger partial charge in [-0.25, -0.2) is 4.98 Å². The van der Waals surface area contributed by atoms with E-state index >= 15 is 0 Å². The molecule has 2 N–H and O–H groups in total. The summed E-state index contributed by atoms with van der Waals surface area (Å²) in [4.78, 5) is 4.41. The zero-order valence-electron chi connectivity index (χ0n) is 9.79. The van der Waals surface area contributed by atoms with Crippen molar-refractivity contribution < 1.29 is 0 Å². The molecule has 0 saturated heterocycles. The molecule has 17 heavy (non-hydrogen) atoms. The number of thiazole rings is 1. The molecule has 1 aliphatic heterocycles. The SMILES string of the molecule is Cc1csc(Nc2ccc3c(c2)CNCC3)n1. The molecule has 0 fully saturated rings. The van der Waals surface area contributed by atoms with Crippen LogP contribution in [0.15, 0.2) is 23.6 Å². The van der Waals surface area contributed by atoms with Crippen LogP contribution in [0.5, 0.6) is 0 Å². The molecule has 0 bridgehead atoms. The summed E-state index contributed by atoms with van der Waals surface area (Å²) >= 11 is 1.64. The molecule has 0 spiro atoms. The molecule has 4 heteroatoms. The van der Waals surface area contributed by atoms with Gasteiger partial charge in [0.1, 0.15) is 0 Å². The third kappa shape index (κ3) is 2.33. The molecule has 2 heterocycles. The van der Waals surface area contributed by atoms with Gasteiger partial charge in [0.05, 0.1) is 5.69 Å². The van der Waals surface area contributed by atoms with Crippen molar-refractivity contribution in [2.24, 2.45) is 0 Å². The minimum Gasteiger partial charge on any atom is -0.332 e. The van der Waals surface area contributed by atoms with E-state index in [0.29, 0.717) is 0 Å². The molecule has 3 nitrogen and oxygen atoms in total. The molecule has 1 aromatic carbocycles. The highest BCUT2D eigenvalue weighted by Crippen LogP contribution is 2.24. The summed E-state index contributed by atoms with van der Waals surface area (Å²) in [6.07, 6.45) is 1.13. The Morgan fingerprint density at radius 1 is 1.35 bits per heavy atom. The van der Waals surface area contributed by atoms with E-state index in [1.54, 1.807) is 11.3 Å². The van der Waals surface area contributed by atoms with Gasteiger partial charge in [0.2, 0.25) is 0 Å². The molecule has 0 radical (unpaired) electrons. The summed E-state index contributed by atoms with van der Waals surface area (Å²) in [6, 6.07) is 6.58. The maximum atomic E-state index is 4.41. The van der Waals surface area contributed by atoms with Crippen LogP contribution in [0.2, 0.25) is 0 Å². The van der Waals surface area contributed by atoms with Crippen LogP contribution in [-0.4, -0.2) is 11.5 Å². The van der Waals surface area contributed by atoms with Gasteiger partial charge in [-0.05, 0) is 43.1 Å². The molecule has 1 aromatic heterocycles. The summed E-state index contributed by atoms with van der Waals surface area (Å²) in [7, 11) is 0. The minimum absolute atomic E-state index is 0.964. The summed E-state index contributed by atoms with van der Waals surface area (Å²) in [5.41, 5.74) is 5.05. The second kappa shape index (κ2) is 4.47. The molecule has 0 amide bonds. The Hall–Kier alpha value is -1.39. The maximum absolute atomic E-state index is 4.41. The highest BCUT2D eigenvalue weighted by molar-refractivity contribution is 7.13. The highest BCUT2D eigenvalue weighted by atomic mass is 32.1. The average Bonchev–Trinajstić information content (AvgIpc) is 2.75. The number of rotatable bonds is 2. The topological polar surface area (TPSA) is 37.0 Å². The maximum Gasteiger partial charge on any atom is 0.187 e. The summed E-state index contributed by atoms with van der Waals surface area (Å²) in [5, 5.41) is 9.77. The number of benzene rings is 1. The van der Waals surface area contributed by atoms with E-state index in [2.05, 4.69) is 39.2 Å². The smallest absolute Gasteiger partial charge is 0.187 e. The first-order chi connectivity index (χ1) is 8.31. The molecule has 2 aromatic rings. The van der Waals surface area contributed by atoms with E-state index in [1.165, 1.54) is 11.1 Å². The molecule has 0 atom stereocenters. The fourth-order valence-electron chi connectivity index (χ4n) is 2.09. The largest absolute Gasteiger partial charge is 0.332 e. The van der Waals surface area contributed by atoms with Crippen molar-refractivity contribution in [3.05, 3.63) is 40.4 Å². The lowest BCUT2D eigenvalue weighted by Gasteiger charge is -2.17. The second-order valence-corrected chi connectivity index (χ2v) is 5.19. The van der Waals surface area contributed by atoms with Gasteiger partial charge in [-0.2, -0.15) is 0 Å². The van der Waals surface area contributed by atoms with E-state index in [-0.39, 0.29) is 0 Å². The summed E-state index contributed by atoms with van der Waals surface area (Å²) < 4.78 is 0. The van der Waals surface area contributed by atoms with Crippen LogP contribution in [0.4, 0.5) is 10.8 Å². The van der Waals surface area contributed by atoms with E-state index in [1.807, 2.05) is 6.92 Å². The fourth-order valence-corrected chi connectivity index (χ4v) is 2.80. The standard InChI is InChI=1S/C13H15N3S/c1-9-8-17-13(15-9)16-12-3-2-10-4-5-14-7-11(10)6-12/h2-3,6,8,14H,4-5,7H2,1H3,(H,15,16). The van der Waals surface area contributed by atoms with E-state index in [4.69, 9.17) is 0 Å². The van der Waals surface area contributed by atoms with Gasteiger partial charge in [-0.1, -0.05) is 6.07 Å². The normalized spacial score (nSPS) is 14.4. The Kier molecular flexibility index (Phi) is 2.82. The van der Waals surface area contributed by atoms with Gasteiger partial charge in [0, 0.05) is 17.6 Å². The zero-order chi connectivity index (χ0) is 11.7. The van der Waals surface area contributed by atoms with Crippen LogP contribution >= 0.6 is 11.3 Å². The summed E-state index contributed by atoms with van der Waals surface area (Å²) in [6.45, 7) is 4.08. The van der Waals surface area contributed by atoms with Crippen molar-refractivity contribution in [3.63, 3.8) is 0 Å². The Labute approximate surface area is 105 Å². The lowest BCUT2D eigenvalue weighted by atomic mass is 10.0. The van der Waals surface area contributed by atoms with Crippen molar-refractivity contribution in [2.45, 2.75) is 19.9 Å². The number of anilines is 2. The predicted octanol–water partition coefficient (Wildman–Crippen LogP) is 2.84. The molecular weight excluding hydrogens is 230 g/mol. The Bertz CT molecular complexity index is 533. The average molecular weight is 245 g/mol. The lowest BCUT2D eigenvalue weighted by Crippen LogP contribution is -2.23. The van der Waals surface area contributed by atoms with Crippen LogP contribution < -0.4 is 10.6 Å². The first-order valence-corrected chi connectivity index (χ1v) is 6.71. The number of nitrogens with one attached hydrogen (secondary N) is 2. The number of aromatic nitrogens is 1. The van der Waals surface area contributed by atoms with Gasteiger partial charge >= 0.3 is 0 Å². The van der Waals surface area contributed by atoms with Crippen molar-refractivity contribution >= 4 is 22.2 Å². The molecule has 3 rings (SSSR count). The predicted molar refractivity (Wildman–Crippen MR) is 72.0 cm³/mol. The van der Waals surface area contributed by atoms with E-state index < -0.39 is 0 Å². The molecule has 0 saturated carbocycles. The van der Waals surface area contributed by atoms with Gasteiger partial charge in [-0.15, -0.1) is 11.3 Å². The van der Waals surface area contributed by atoms with E-state index in [9.17, 15) is 0 Å². The van der Waals surface area contributed by atoms with Gasteiger partial charge in [-0.3, -0.25) is 0 Å². The third-order valence-electron chi connectivity index (χ3n) is 2.96. The van der Waals surface area contributed by atoms with Crippen LogP contribution in [0.1, 0.15) is 16.8 Å². The second-order valence-electron chi connectivity index (χ2n) is 4.33. The first-order valence-electron chi connectivity index (χ1n) is 5.83. The Balaban J connectivity index is 1.84. The zero-order valence-corrected chi connectivity index (χ0v) is 10.6. The van der Waals surface area contributed by atoms with Crippen molar-refractivity contribution in [2.75, 3.05) is 11.9 Å². The number of aryl methyl sites for hydroxylation is 1. The number of hydrogen-bond acceptors (Lipinski definition) is 4. The van der Waals surface area contributed by atoms with Crippen molar-refractivity contribution in [3.8, 4) is 0 Å². The molecular formula is C13H15N3S. The quantitative estimate of drug-likeness (QED) is 0.854. The van der Waals surface area contributed by atoms with Gasteiger partial charge in [0.15, 0.2) is 5.13 Å². The molecule has 1 aliphatic rings. The lowest BCUT2D eigenvalue weighted by molar-refractivity contribution is 0.644. The van der Waals surface area contributed by atoms with Gasteiger partial charge in [0.25, 0.3) is 0 Å². The highest BCUT2D eigenvalue weighted by Gasteiger charge is 2.09. The molecule has 88 valence electrons. The fraction of sp³-hybridized carbons (Fsp3) is 0.308. The van der Waals surface area contributed by atoms with E-state index in [0.717, 1.165) is 36.0 Å². The Morgan fingerprint density at radius 3 is 3.12 bits per heavy atom. The van der Waals surface area contributed by atoms with Crippen LogP contribution in [-0.2, 0) is 13.0 Å². The van der Waals surface area contributed by atoms with Crippen LogP contribution in [0.25, 0.3) is 0 Å². The van der Waals surface area contributed by atoms with Crippen molar-refractivity contribution in [1.82, 2.24) is 10.3 Å². The van der Waals surface area contributed by atoms with Gasteiger partial charge < -0.3 is 10.6 Å². The number of hydrogen-bond donors (Lipinski definition) is 2. The number of fused-ring (bicyclic) bond motifs is 1. The van der Waals surface area contributed by atoms with Crippen molar-refractivity contribution in [1.29, 1.82) is 0 Å². The molecule has 0 unspecified atom stereocenters.